The number of piperidine rings is 1. The fraction of sp³-hybridized carbons (Fsp3) is 0.444. The number of anilines is 1. The molecule has 132 valence electrons. The molecule has 0 unspecified atom stereocenters. The van der Waals surface area contributed by atoms with E-state index in [1.807, 2.05) is 0 Å². The molecular formula is C18H22N4O2S. The Morgan fingerprint density at radius 3 is 2.84 bits per heavy atom. The van der Waals surface area contributed by atoms with Gasteiger partial charge in [0.05, 0.1) is 5.52 Å². The molecule has 0 atom stereocenters. The van der Waals surface area contributed by atoms with E-state index >= 15 is 0 Å². The summed E-state index contributed by atoms with van der Waals surface area (Å²) in [5.41, 5.74) is 1.20. The number of nitrogens with zero attached hydrogens (tertiary/aromatic N) is 4. The molecule has 1 fully saturated rings. The standard InChI is InChI=1S/C18H22N4O2S/c1-21-9-8-14-15(21)4-3-5-16(14)24-13-6-10-22(11-7-13)18-20-19-17(25-18)12-23-2/h3-5,8-9,13H,6-7,10-12H2,1-2H3. The van der Waals surface area contributed by atoms with Crippen molar-refractivity contribution in [3.05, 3.63) is 35.5 Å². The van der Waals surface area contributed by atoms with E-state index in [1.54, 1.807) is 18.4 Å². The molecule has 3 aromatic rings. The number of ether oxygens (including phenoxy) is 2. The lowest BCUT2D eigenvalue weighted by molar-refractivity contribution is 0.173. The Morgan fingerprint density at radius 1 is 1.20 bits per heavy atom. The van der Waals surface area contributed by atoms with E-state index in [0.29, 0.717) is 6.61 Å². The van der Waals surface area contributed by atoms with Gasteiger partial charge in [-0.05, 0) is 18.2 Å². The van der Waals surface area contributed by atoms with E-state index in [-0.39, 0.29) is 6.10 Å². The van der Waals surface area contributed by atoms with Crippen LogP contribution in [0, 0.1) is 0 Å². The van der Waals surface area contributed by atoms with Crippen molar-refractivity contribution < 1.29 is 9.47 Å². The molecule has 0 amide bonds. The molecule has 0 aliphatic carbocycles. The van der Waals surface area contributed by atoms with Crippen molar-refractivity contribution in [3.8, 4) is 5.75 Å². The molecule has 0 bridgehead atoms. The zero-order chi connectivity index (χ0) is 17.2. The Kier molecular flexibility index (Phi) is 4.59. The van der Waals surface area contributed by atoms with Crippen LogP contribution in [-0.4, -0.2) is 41.1 Å². The maximum absolute atomic E-state index is 6.32. The smallest absolute Gasteiger partial charge is 0.208 e. The SMILES string of the molecule is COCc1nnc(N2CCC(Oc3cccc4c3ccn4C)CC2)s1. The maximum Gasteiger partial charge on any atom is 0.208 e. The number of aryl methyl sites for hydroxylation is 1. The zero-order valence-corrected chi connectivity index (χ0v) is 15.3. The highest BCUT2D eigenvalue weighted by Crippen LogP contribution is 2.30. The van der Waals surface area contributed by atoms with E-state index in [4.69, 9.17) is 9.47 Å². The molecule has 3 heterocycles. The molecule has 4 rings (SSSR count). The van der Waals surface area contributed by atoms with Gasteiger partial charge in [-0.3, -0.25) is 0 Å². The fourth-order valence-electron chi connectivity index (χ4n) is 3.28. The molecular weight excluding hydrogens is 336 g/mol. The van der Waals surface area contributed by atoms with Crippen molar-refractivity contribution >= 4 is 27.4 Å². The summed E-state index contributed by atoms with van der Waals surface area (Å²) in [6, 6.07) is 8.37. The molecule has 1 saturated heterocycles. The molecule has 0 radical (unpaired) electrons. The Hall–Kier alpha value is -2.12. The molecule has 7 heteroatoms. The van der Waals surface area contributed by atoms with Gasteiger partial charge in [0.25, 0.3) is 0 Å². The topological polar surface area (TPSA) is 52.4 Å². The third kappa shape index (κ3) is 3.34. The van der Waals surface area contributed by atoms with Crippen LogP contribution in [0.4, 0.5) is 5.13 Å². The second-order valence-corrected chi connectivity index (χ2v) is 7.37. The number of methoxy groups -OCH3 is 1. The maximum atomic E-state index is 6.32. The lowest BCUT2D eigenvalue weighted by Crippen LogP contribution is -2.38. The van der Waals surface area contributed by atoms with Crippen molar-refractivity contribution in [1.82, 2.24) is 14.8 Å². The van der Waals surface area contributed by atoms with Gasteiger partial charge in [0.15, 0.2) is 0 Å². The highest BCUT2D eigenvalue weighted by atomic mass is 32.1. The first-order valence-electron chi connectivity index (χ1n) is 8.51. The van der Waals surface area contributed by atoms with Crippen LogP contribution in [0.1, 0.15) is 17.8 Å². The molecule has 1 aliphatic heterocycles. The summed E-state index contributed by atoms with van der Waals surface area (Å²) in [6.07, 6.45) is 4.30. The predicted molar refractivity (Wildman–Crippen MR) is 99.4 cm³/mol. The molecule has 0 spiro atoms. The van der Waals surface area contributed by atoms with E-state index in [1.165, 1.54) is 10.9 Å². The van der Waals surface area contributed by atoms with Crippen LogP contribution in [0.2, 0.25) is 0 Å². The molecule has 0 N–H and O–H groups in total. The van der Waals surface area contributed by atoms with E-state index in [9.17, 15) is 0 Å². The first-order chi connectivity index (χ1) is 12.2. The highest BCUT2D eigenvalue weighted by Gasteiger charge is 2.23. The minimum atomic E-state index is 0.244. The van der Waals surface area contributed by atoms with Gasteiger partial charge < -0.3 is 18.9 Å². The van der Waals surface area contributed by atoms with Crippen molar-refractivity contribution in [2.24, 2.45) is 7.05 Å². The summed E-state index contributed by atoms with van der Waals surface area (Å²) >= 11 is 1.61. The summed E-state index contributed by atoms with van der Waals surface area (Å²) in [7, 11) is 3.74. The average Bonchev–Trinajstić information content (AvgIpc) is 3.24. The second kappa shape index (κ2) is 7.01. The predicted octanol–water partition coefficient (Wildman–Crippen LogP) is 3.22. The quantitative estimate of drug-likeness (QED) is 0.701. The van der Waals surface area contributed by atoms with E-state index in [2.05, 4.69) is 57.2 Å². The Bertz CT molecular complexity index is 852. The van der Waals surface area contributed by atoms with Gasteiger partial charge in [0.2, 0.25) is 5.13 Å². The van der Waals surface area contributed by atoms with Crippen molar-refractivity contribution in [3.63, 3.8) is 0 Å². The zero-order valence-electron chi connectivity index (χ0n) is 14.5. The van der Waals surface area contributed by atoms with Crippen molar-refractivity contribution in [1.29, 1.82) is 0 Å². The minimum absolute atomic E-state index is 0.244. The number of benzene rings is 1. The van der Waals surface area contributed by atoms with Gasteiger partial charge in [-0.25, -0.2) is 0 Å². The first kappa shape index (κ1) is 16.4. The second-order valence-electron chi connectivity index (χ2n) is 6.33. The van der Waals surface area contributed by atoms with E-state index < -0.39 is 0 Å². The molecule has 2 aromatic heterocycles. The monoisotopic (exact) mass is 358 g/mol. The van der Waals surface area contributed by atoms with Crippen LogP contribution in [0.5, 0.6) is 5.75 Å². The van der Waals surface area contributed by atoms with Crippen molar-refractivity contribution in [2.75, 3.05) is 25.1 Å². The van der Waals surface area contributed by atoms with Crippen LogP contribution in [0.25, 0.3) is 10.9 Å². The normalized spacial score (nSPS) is 15.8. The molecule has 1 aliphatic rings. The third-order valence-electron chi connectivity index (χ3n) is 4.62. The Balaban J connectivity index is 1.40. The number of aromatic nitrogens is 3. The van der Waals surface area contributed by atoms with Gasteiger partial charge in [0, 0.05) is 51.7 Å². The van der Waals surface area contributed by atoms with E-state index in [0.717, 1.165) is 41.8 Å². The highest BCUT2D eigenvalue weighted by molar-refractivity contribution is 7.15. The van der Waals surface area contributed by atoms with Crippen LogP contribution >= 0.6 is 11.3 Å². The number of hydrogen-bond acceptors (Lipinski definition) is 6. The summed E-state index contributed by atoms with van der Waals surface area (Å²) < 4.78 is 13.6. The summed E-state index contributed by atoms with van der Waals surface area (Å²) in [5.74, 6) is 0.981. The molecule has 6 nitrogen and oxygen atoms in total. The van der Waals surface area contributed by atoms with Gasteiger partial charge in [-0.15, -0.1) is 10.2 Å². The van der Waals surface area contributed by atoms with Gasteiger partial charge >= 0.3 is 0 Å². The largest absolute Gasteiger partial charge is 0.490 e. The lowest BCUT2D eigenvalue weighted by atomic mass is 10.1. The minimum Gasteiger partial charge on any atom is -0.490 e. The lowest BCUT2D eigenvalue weighted by Gasteiger charge is -2.31. The number of hydrogen-bond donors (Lipinski definition) is 0. The number of fused-ring (bicyclic) bond motifs is 1. The first-order valence-corrected chi connectivity index (χ1v) is 9.33. The Morgan fingerprint density at radius 2 is 2.04 bits per heavy atom. The van der Waals surface area contributed by atoms with Crippen molar-refractivity contribution in [2.45, 2.75) is 25.6 Å². The summed E-state index contributed by atoms with van der Waals surface area (Å²) in [5, 5.41) is 11.5. The number of rotatable bonds is 5. The van der Waals surface area contributed by atoms with Crippen LogP contribution in [0.3, 0.4) is 0 Å². The van der Waals surface area contributed by atoms with Crippen LogP contribution in [0.15, 0.2) is 30.5 Å². The summed E-state index contributed by atoms with van der Waals surface area (Å²) in [4.78, 5) is 2.29. The Labute approximate surface area is 151 Å². The van der Waals surface area contributed by atoms with Gasteiger partial charge in [-0.2, -0.15) is 0 Å². The summed E-state index contributed by atoms with van der Waals surface area (Å²) in [6.45, 7) is 2.41. The average molecular weight is 358 g/mol. The fourth-order valence-corrected chi connectivity index (χ4v) is 4.14. The third-order valence-corrected chi connectivity index (χ3v) is 5.58. The van der Waals surface area contributed by atoms with Gasteiger partial charge in [0.1, 0.15) is 23.5 Å². The van der Waals surface area contributed by atoms with Crippen LogP contribution in [-0.2, 0) is 18.4 Å². The van der Waals surface area contributed by atoms with Crippen LogP contribution < -0.4 is 9.64 Å². The molecule has 25 heavy (non-hydrogen) atoms. The van der Waals surface area contributed by atoms with Gasteiger partial charge in [-0.1, -0.05) is 17.4 Å². The molecule has 1 aromatic carbocycles. The molecule has 0 saturated carbocycles.